The lowest BCUT2D eigenvalue weighted by Crippen LogP contribution is -2.11. The summed E-state index contributed by atoms with van der Waals surface area (Å²) in [6.07, 6.45) is 0. The monoisotopic (exact) mass is 489 g/mol. The summed E-state index contributed by atoms with van der Waals surface area (Å²) in [7, 11) is 1.35. The van der Waals surface area contributed by atoms with E-state index in [0.29, 0.717) is 23.8 Å². The largest absolute Gasteiger partial charge is 0.488 e. The molecule has 0 atom stereocenters. The van der Waals surface area contributed by atoms with Gasteiger partial charge in [0.15, 0.2) is 5.75 Å². The highest BCUT2D eigenvalue weighted by Crippen LogP contribution is 2.39. The highest BCUT2D eigenvalue weighted by atomic mass is 16.5. The van der Waals surface area contributed by atoms with Crippen molar-refractivity contribution in [1.29, 1.82) is 0 Å². The number of carbonyl (C=O) groups excluding carboxylic acids is 1. The van der Waals surface area contributed by atoms with Crippen molar-refractivity contribution in [2.75, 3.05) is 12.4 Å². The second kappa shape index (κ2) is 11.3. The lowest BCUT2D eigenvalue weighted by molar-refractivity contribution is 0.0590. The number of hydrogen-bond donors (Lipinski definition) is 1. The Morgan fingerprint density at radius 3 is 1.97 bits per heavy atom. The molecule has 0 aliphatic carbocycles. The molecule has 5 heteroatoms. The number of esters is 1. The number of nitrogens with one attached hydrogen (secondary N) is 1. The highest BCUT2D eigenvalue weighted by Gasteiger charge is 2.24. The van der Waals surface area contributed by atoms with Crippen LogP contribution >= 0.6 is 0 Å². The molecule has 5 aromatic rings. The van der Waals surface area contributed by atoms with Gasteiger partial charge >= 0.3 is 5.97 Å². The average Bonchev–Trinajstić information content (AvgIpc) is 2.96. The summed E-state index contributed by atoms with van der Waals surface area (Å²) < 4.78 is 17.5. The fourth-order valence-electron chi connectivity index (χ4n) is 4.12. The fraction of sp³-hybridized carbons (Fsp3) is 0.0938. The molecular formula is C32H27NO4. The molecular weight excluding hydrogens is 462 g/mol. The number of carbonyl (C=O) groups is 1. The number of hydrogen-bond acceptors (Lipinski definition) is 5. The van der Waals surface area contributed by atoms with Crippen LogP contribution in [0.1, 0.15) is 21.5 Å². The Bertz CT molecular complexity index is 1500. The van der Waals surface area contributed by atoms with E-state index in [1.165, 1.54) is 7.11 Å². The first-order valence-electron chi connectivity index (χ1n) is 12.1. The van der Waals surface area contributed by atoms with Gasteiger partial charge in [0.05, 0.1) is 12.8 Å². The molecule has 5 rings (SSSR count). The zero-order valence-electron chi connectivity index (χ0n) is 20.5. The number of rotatable bonds is 9. The Morgan fingerprint density at radius 1 is 0.676 bits per heavy atom. The van der Waals surface area contributed by atoms with Crippen molar-refractivity contribution in [2.24, 2.45) is 0 Å². The molecule has 0 aliphatic heterocycles. The van der Waals surface area contributed by atoms with Gasteiger partial charge in [-0.1, -0.05) is 91.0 Å². The first kappa shape index (κ1) is 23.9. The average molecular weight is 490 g/mol. The van der Waals surface area contributed by atoms with Gasteiger partial charge in [-0.3, -0.25) is 0 Å². The van der Waals surface area contributed by atoms with Crippen LogP contribution in [0.3, 0.4) is 0 Å². The minimum absolute atomic E-state index is 0.236. The van der Waals surface area contributed by atoms with Crippen molar-refractivity contribution in [3.05, 3.63) is 132 Å². The van der Waals surface area contributed by atoms with Crippen LogP contribution in [0, 0.1) is 0 Å². The molecule has 5 nitrogen and oxygen atoms in total. The zero-order valence-corrected chi connectivity index (χ0v) is 20.5. The van der Waals surface area contributed by atoms with E-state index in [4.69, 9.17) is 14.2 Å². The van der Waals surface area contributed by atoms with Gasteiger partial charge in [-0.05, 0) is 46.2 Å². The van der Waals surface area contributed by atoms with Crippen molar-refractivity contribution in [1.82, 2.24) is 0 Å². The molecule has 0 fully saturated rings. The Hall–Kier alpha value is -4.77. The van der Waals surface area contributed by atoms with Crippen molar-refractivity contribution in [3.63, 3.8) is 0 Å². The molecule has 0 radical (unpaired) electrons. The maximum absolute atomic E-state index is 13.0. The normalized spacial score (nSPS) is 10.6. The first-order valence-corrected chi connectivity index (χ1v) is 12.1. The van der Waals surface area contributed by atoms with E-state index in [-0.39, 0.29) is 12.2 Å². The van der Waals surface area contributed by atoms with Crippen LogP contribution in [0.4, 0.5) is 11.4 Å². The van der Waals surface area contributed by atoms with E-state index in [9.17, 15) is 4.79 Å². The minimum Gasteiger partial charge on any atom is -0.488 e. The number of benzene rings is 5. The number of ether oxygens (including phenoxy) is 3. The van der Waals surface area contributed by atoms with E-state index in [1.807, 2.05) is 84.9 Å². The summed E-state index contributed by atoms with van der Waals surface area (Å²) in [5.74, 6) is 0.227. The summed E-state index contributed by atoms with van der Waals surface area (Å²) in [5, 5.41) is 5.69. The van der Waals surface area contributed by atoms with Gasteiger partial charge in [0.2, 0.25) is 0 Å². The molecule has 0 amide bonds. The highest BCUT2D eigenvalue weighted by molar-refractivity contribution is 5.98. The van der Waals surface area contributed by atoms with Crippen LogP contribution in [0.15, 0.2) is 115 Å². The van der Waals surface area contributed by atoms with E-state index < -0.39 is 5.97 Å². The number of methoxy groups -OCH3 is 1. The fourth-order valence-corrected chi connectivity index (χ4v) is 4.12. The molecule has 0 heterocycles. The Balaban J connectivity index is 1.53. The molecule has 0 spiro atoms. The molecule has 0 aliphatic rings. The molecule has 37 heavy (non-hydrogen) atoms. The second-order valence-electron chi connectivity index (χ2n) is 8.54. The second-order valence-corrected chi connectivity index (χ2v) is 8.54. The zero-order chi connectivity index (χ0) is 25.5. The van der Waals surface area contributed by atoms with E-state index in [0.717, 1.165) is 27.6 Å². The van der Waals surface area contributed by atoms with Crippen molar-refractivity contribution in [2.45, 2.75) is 13.2 Å². The third-order valence-electron chi connectivity index (χ3n) is 6.00. The summed E-state index contributed by atoms with van der Waals surface area (Å²) in [6, 6.07) is 37.5. The predicted octanol–water partition coefficient (Wildman–Crippen LogP) is 7.53. The van der Waals surface area contributed by atoms with Crippen LogP contribution in [-0.2, 0) is 18.0 Å². The van der Waals surface area contributed by atoms with Crippen LogP contribution < -0.4 is 14.8 Å². The third-order valence-corrected chi connectivity index (χ3v) is 6.00. The van der Waals surface area contributed by atoms with Crippen LogP contribution in [0.25, 0.3) is 10.8 Å². The lowest BCUT2D eigenvalue weighted by atomic mass is 10.1. The molecule has 5 aromatic carbocycles. The minimum atomic E-state index is -0.534. The topological polar surface area (TPSA) is 56.8 Å². The Labute approximate surface area is 216 Å². The van der Waals surface area contributed by atoms with Crippen molar-refractivity contribution >= 4 is 28.1 Å². The smallest absolute Gasteiger partial charge is 0.345 e. The van der Waals surface area contributed by atoms with Gasteiger partial charge in [0.1, 0.15) is 24.5 Å². The molecule has 0 unspecified atom stereocenters. The maximum atomic E-state index is 13.0. The van der Waals surface area contributed by atoms with E-state index in [2.05, 4.69) is 29.6 Å². The maximum Gasteiger partial charge on any atom is 0.345 e. The van der Waals surface area contributed by atoms with E-state index >= 15 is 0 Å². The first-order chi connectivity index (χ1) is 18.2. The van der Waals surface area contributed by atoms with Crippen LogP contribution in [-0.4, -0.2) is 13.1 Å². The molecule has 1 N–H and O–H groups in total. The van der Waals surface area contributed by atoms with Gasteiger partial charge in [-0.2, -0.15) is 0 Å². The third kappa shape index (κ3) is 5.73. The van der Waals surface area contributed by atoms with Crippen molar-refractivity contribution in [3.8, 4) is 11.5 Å². The van der Waals surface area contributed by atoms with Gasteiger partial charge in [0.25, 0.3) is 0 Å². The SMILES string of the molecule is COC(=O)c1c(OCc2ccccc2)ccc(Nc2ccc3ccccc3c2)c1OCc1ccccc1. The molecule has 0 saturated carbocycles. The molecule has 0 saturated heterocycles. The van der Waals surface area contributed by atoms with Crippen LogP contribution in [0.5, 0.6) is 11.5 Å². The number of fused-ring (bicyclic) bond motifs is 1. The summed E-state index contributed by atoms with van der Waals surface area (Å²) in [5.41, 5.74) is 3.71. The van der Waals surface area contributed by atoms with Gasteiger partial charge in [-0.15, -0.1) is 0 Å². The standard InChI is InChI=1S/C32H27NO4/c1-35-32(34)30-29(36-21-23-10-4-2-5-11-23)19-18-28(31(30)37-22-24-12-6-3-7-13-24)33-27-17-16-25-14-8-9-15-26(25)20-27/h2-20,33H,21-22H2,1H3. The van der Waals surface area contributed by atoms with E-state index in [1.54, 1.807) is 6.07 Å². The van der Waals surface area contributed by atoms with Crippen molar-refractivity contribution < 1.29 is 19.0 Å². The Morgan fingerprint density at radius 2 is 1.30 bits per heavy atom. The quantitative estimate of drug-likeness (QED) is 0.217. The summed E-state index contributed by atoms with van der Waals surface area (Å²) in [4.78, 5) is 13.0. The van der Waals surface area contributed by atoms with Crippen LogP contribution in [0.2, 0.25) is 0 Å². The van der Waals surface area contributed by atoms with Gasteiger partial charge in [0, 0.05) is 5.69 Å². The Kier molecular flexibility index (Phi) is 7.32. The molecule has 0 aromatic heterocycles. The number of anilines is 2. The van der Waals surface area contributed by atoms with Gasteiger partial charge < -0.3 is 19.5 Å². The molecule has 0 bridgehead atoms. The van der Waals surface area contributed by atoms with Gasteiger partial charge in [-0.25, -0.2) is 4.79 Å². The summed E-state index contributed by atoms with van der Waals surface area (Å²) in [6.45, 7) is 0.583. The summed E-state index contributed by atoms with van der Waals surface area (Å²) >= 11 is 0. The molecule has 184 valence electrons. The lowest BCUT2D eigenvalue weighted by Gasteiger charge is -2.20. The predicted molar refractivity (Wildman–Crippen MR) is 147 cm³/mol.